The molecular weight excluding hydrogens is 502 g/mol. The zero-order valence-corrected chi connectivity index (χ0v) is 20.5. The van der Waals surface area contributed by atoms with Crippen LogP contribution in [0.3, 0.4) is 0 Å². The van der Waals surface area contributed by atoms with Gasteiger partial charge in [-0.1, -0.05) is 6.07 Å². The molecule has 3 heterocycles. The number of pyridine rings is 1. The molecule has 3 aromatic rings. The molecule has 37 heavy (non-hydrogen) atoms. The molecule has 2 aliphatic rings. The molecule has 5 rings (SSSR count). The molecule has 0 bridgehead atoms. The number of hydrogen-bond donors (Lipinski definition) is 3. The van der Waals surface area contributed by atoms with Crippen LogP contribution < -0.4 is 20.9 Å². The highest BCUT2D eigenvalue weighted by molar-refractivity contribution is 6.05. The van der Waals surface area contributed by atoms with Crippen LogP contribution in [-0.2, 0) is 23.9 Å². The Morgan fingerprint density at radius 2 is 1.84 bits per heavy atom. The summed E-state index contributed by atoms with van der Waals surface area (Å²) in [6.45, 7) is 1.22. The number of nitrogens with two attached hydrogens (primary N) is 1. The molecule has 2 aliphatic heterocycles. The summed E-state index contributed by atoms with van der Waals surface area (Å²) in [5, 5.41) is 14.8. The third-order valence-electron chi connectivity index (χ3n) is 6.18. The van der Waals surface area contributed by atoms with Crippen molar-refractivity contribution in [3.8, 4) is 0 Å². The number of anilines is 4. The minimum atomic E-state index is -1.73. The monoisotopic (exact) mass is 527 g/mol. The number of nitrogens with zero attached hydrogens (tertiary/aromatic N) is 3. The second kappa shape index (κ2) is 11.1. The first-order valence-corrected chi connectivity index (χ1v) is 11.5. The number of carbonyl (C=O) groups excluding carboxylic acids is 3. The lowest BCUT2D eigenvalue weighted by atomic mass is 10.1. The van der Waals surface area contributed by atoms with Crippen LogP contribution in [0.25, 0.3) is 10.8 Å². The lowest BCUT2D eigenvalue weighted by molar-refractivity contribution is -0.150. The Morgan fingerprint density at radius 3 is 2.62 bits per heavy atom. The van der Waals surface area contributed by atoms with E-state index in [-0.39, 0.29) is 38.1 Å². The maximum Gasteiger partial charge on any atom is 0.259 e. The van der Waals surface area contributed by atoms with Crippen LogP contribution in [0.1, 0.15) is 0 Å². The third kappa shape index (κ3) is 5.35. The molecule has 12 heteroatoms. The Balaban J connectivity index is 0.00000320. The van der Waals surface area contributed by atoms with Gasteiger partial charge in [-0.15, -0.1) is 12.4 Å². The molecular formula is C25H26ClN5O6. The highest BCUT2D eigenvalue weighted by Gasteiger charge is 2.39. The van der Waals surface area contributed by atoms with Crippen LogP contribution in [-0.4, -0.2) is 72.9 Å². The molecule has 1 aromatic heterocycles. The summed E-state index contributed by atoms with van der Waals surface area (Å²) < 4.78 is 10.7. The summed E-state index contributed by atoms with van der Waals surface area (Å²) in [7, 11) is 0. The Morgan fingerprint density at radius 1 is 1.08 bits per heavy atom. The Labute approximate surface area is 218 Å². The van der Waals surface area contributed by atoms with E-state index in [9.17, 15) is 19.5 Å². The number of benzene rings is 2. The Bertz CT molecular complexity index is 1340. The molecule has 4 N–H and O–H groups in total. The van der Waals surface area contributed by atoms with Crippen molar-refractivity contribution in [2.24, 2.45) is 0 Å². The number of aliphatic hydroxyl groups excluding tert-OH is 1. The van der Waals surface area contributed by atoms with E-state index in [4.69, 9.17) is 15.2 Å². The molecule has 2 atom stereocenters. The number of rotatable bonds is 5. The minimum absolute atomic E-state index is 0. The highest BCUT2D eigenvalue weighted by atomic mass is 35.5. The first-order valence-electron chi connectivity index (χ1n) is 11.5. The van der Waals surface area contributed by atoms with Gasteiger partial charge >= 0.3 is 0 Å². The number of nitrogens with one attached hydrogen (secondary N) is 1. The average molecular weight is 528 g/mol. The number of carbonyl (C=O) groups is 3. The van der Waals surface area contributed by atoms with E-state index in [2.05, 4.69) is 10.3 Å². The zero-order valence-electron chi connectivity index (χ0n) is 19.7. The molecule has 194 valence electrons. The van der Waals surface area contributed by atoms with Crippen LogP contribution in [0.2, 0.25) is 0 Å². The fourth-order valence-electron chi connectivity index (χ4n) is 4.34. The fraction of sp³-hybridized carbons (Fsp3) is 0.280. The number of ether oxygens (including phenoxy) is 2. The van der Waals surface area contributed by atoms with Gasteiger partial charge in [-0.25, -0.2) is 4.98 Å². The molecule has 0 radical (unpaired) electrons. The number of fused-ring (bicyclic) bond motifs is 1. The van der Waals surface area contributed by atoms with Gasteiger partial charge < -0.3 is 35.4 Å². The summed E-state index contributed by atoms with van der Waals surface area (Å²) in [6, 6.07) is 13.8. The topological polar surface area (TPSA) is 147 Å². The second-order valence-electron chi connectivity index (χ2n) is 8.47. The normalized spacial score (nSPS) is 18.9. The van der Waals surface area contributed by atoms with Gasteiger partial charge in [0.15, 0.2) is 12.2 Å². The number of amides is 3. The van der Waals surface area contributed by atoms with Crippen molar-refractivity contribution in [2.45, 2.75) is 12.2 Å². The van der Waals surface area contributed by atoms with Gasteiger partial charge in [0.05, 0.1) is 13.2 Å². The number of halogens is 1. The summed E-state index contributed by atoms with van der Waals surface area (Å²) >= 11 is 0. The van der Waals surface area contributed by atoms with Gasteiger partial charge in [0.1, 0.15) is 12.4 Å². The summed E-state index contributed by atoms with van der Waals surface area (Å²) in [5.41, 5.74) is 7.48. The van der Waals surface area contributed by atoms with E-state index in [0.717, 1.165) is 10.8 Å². The molecule has 0 spiro atoms. The van der Waals surface area contributed by atoms with Gasteiger partial charge in [0.2, 0.25) is 0 Å². The zero-order chi connectivity index (χ0) is 25.2. The lowest BCUT2D eigenvalue weighted by Crippen LogP contribution is -2.55. The smallest absolute Gasteiger partial charge is 0.259 e. The van der Waals surface area contributed by atoms with E-state index in [1.807, 2.05) is 0 Å². The molecule has 3 amide bonds. The molecule has 11 nitrogen and oxygen atoms in total. The summed E-state index contributed by atoms with van der Waals surface area (Å²) in [5.74, 6) is -1.12. The van der Waals surface area contributed by atoms with Gasteiger partial charge in [0.25, 0.3) is 17.7 Å². The number of nitrogen functional groups attached to an aromatic ring is 1. The van der Waals surface area contributed by atoms with E-state index in [1.54, 1.807) is 59.6 Å². The van der Waals surface area contributed by atoms with E-state index in [1.165, 1.54) is 4.90 Å². The van der Waals surface area contributed by atoms with Gasteiger partial charge in [0, 0.05) is 41.7 Å². The predicted octanol–water partition coefficient (Wildman–Crippen LogP) is 1.33. The fourth-order valence-corrected chi connectivity index (χ4v) is 4.34. The quantitative estimate of drug-likeness (QED) is 0.450. The SMILES string of the molecule is Cl.Nc1nccc2cc(NC(=O)C(O)[C@H]3OCCN(c4cccc(N5CCOCC5=O)c4)C3=O)ccc12. The first kappa shape index (κ1) is 26.3. The van der Waals surface area contributed by atoms with Gasteiger partial charge in [-0.05, 0) is 47.9 Å². The highest BCUT2D eigenvalue weighted by Crippen LogP contribution is 2.27. The maximum atomic E-state index is 13.2. The third-order valence-corrected chi connectivity index (χ3v) is 6.18. The number of morpholine rings is 2. The number of hydrogen-bond acceptors (Lipinski definition) is 8. The number of aromatic nitrogens is 1. The summed E-state index contributed by atoms with van der Waals surface area (Å²) in [6.07, 6.45) is -1.55. The second-order valence-corrected chi connectivity index (χ2v) is 8.47. The van der Waals surface area contributed by atoms with E-state index in [0.29, 0.717) is 36.0 Å². The molecule has 2 saturated heterocycles. The molecule has 2 aromatic carbocycles. The molecule has 0 aliphatic carbocycles. The van der Waals surface area contributed by atoms with Crippen molar-refractivity contribution in [1.29, 1.82) is 0 Å². The van der Waals surface area contributed by atoms with E-state index < -0.39 is 24.0 Å². The first-order chi connectivity index (χ1) is 17.4. The predicted molar refractivity (Wildman–Crippen MR) is 140 cm³/mol. The van der Waals surface area contributed by atoms with Crippen molar-refractivity contribution in [2.75, 3.05) is 53.8 Å². The average Bonchev–Trinajstić information content (AvgIpc) is 2.89. The number of aliphatic hydroxyl groups is 1. The minimum Gasteiger partial charge on any atom is -0.383 e. The van der Waals surface area contributed by atoms with E-state index >= 15 is 0 Å². The van der Waals surface area contributed by atoms with Crippen LogP contribution in [0.15, 0.2) is 54.7 Å². The van der Waals surface area contributed by atoms with Crippen molar-refractivity contribution < 1.29 is 29.0 Å². The lowest BCUT2D eigenvalue weighted by Gasteiger charge is -2.35. The molecule has 0 saturated carbocycles. The maximum absolute atomic E-state index is 13.2. The van der Waals surface area contributed by atoms with Gasteiger partial charge in [-0.2, -0.15) is 0 Å². The van der Waals surface area contributed by atoms with Crippen LogP contribution in [0.4, 0.5) is 22.9 Å². The Hall–Kier alpha value is -3.77. The van der Waals surface area contributed by atoms with Crippen molar-refractivity contribution >= 4 is 63.8 Å². The Kier molecular flexibility index (Phi) is 7.89. The molecule has 2 fully saturated rings. The molecule has 1 unspecified atom stereocenters. The van der Waals surface area contributed by atoms with Crippen LogP contribution in [0, 0.1) is 0 Å². The van der Waals surface area contributed by atoms with Crippen molar-refractivity contribution in [3.63, 3.8) is 0 Å². The van der Waals surface area contributed by atoms with Gasteiger partial charge in [-0.3, -0.25) is 14.4 Å². The van der Waals surface area contributed by atoms with Crippen LogP contribution >= 0.6 is 12.4 Å². The largest absolute Gasteiger partial charge is 0.383 e. The standard InChI is InChI=1S/C25H25N5O6.ClH/c26-23-19-5-4-16(12-15(19)6-7-27-23)28-24(33)21(32)22-25(34)30(9-11-36-22)18-3-1-2-17(13-18)29-8-10-35-14-20(29)31;/h1-7,12-13,21-22,32H,8-11,14H2,(H2,26,27)(H,28,33);1H/t21?,22-;/m1./s1. The summed E-state index contributed by atoms with van der Waals surface area (Å²) in [4.78, 5) is 45.3. The van der Waals surface area contributed by atoms with Crippen LogP contribution in [0.5, 0.6) is 0 Å². The van der Waals surface area contributed by atoms with Crippen molar-refractivity contribution in [1.82, 2.24) is 4.98 Å². The van der Waals surface area contributed by atoms with Crippen molar-refractivity contribution in [3.05, 3.63) is 54.7 Å².